The van der Waals surface area contributed by atoms with Gasteiger partial charge in [0.15, 0.2) is 0 Å². The molecule has 0 aromatic carbocycles. The monoisotopic (exact) mass is 290 g/mol. The van der Waals surface area contributed by atoms with Crippen molar-refractivity contribution in [3.05, 3.63) is 0 Å². The van der Waals surface area contributed by atoms with Gasteiger partial charge in [-0.1, -0.05) is 26.7 Å². The fourth-order valence-corrected chi connectivity index (χ4v) is 5.02. The van der Waals surface area contributed by atoms with E-state index >= 15 is 0 Å². The summed E-state index contributed by atoms with van der Waals surface area (Å²) in [6, 6.07) is -0.314. The molecule has 112 valence electrons. The van der Waals surface area contributed by atoms with E-state index in [9.17, 15) is 13.5 Å². The number of nitrogens with one attached hydrogen (secondary N) is 1. The number of rotatable bonds is 3. The van der Waals surface area contributed by atoms with Crippen LogP contribution in [-0.4, -0.2) is 43.1 Å². The second-order valence-corrected chi connectivity index (χ2v) is 8.05. The van der Waals surface area contributed by atoms with Crippen LogP contribution < -0.4 is 4.72 Å². The van der Waals surface area contributed by atoms with Gasteiger partial charge in [0.1, 0.15) is 0 Å². The first-order valence-electron chi connectivity index (χ1n) is 7.34. The quantitative estimate of drug-likeness (QED) is 0.818. The molecule has 0 aromatic heterocycles. The Bertz CT molecular complexity index is 389. The van der Waals surface area contributed by atoms with E-state index in [0.717, 1.165) is 25.7 Å². The van der Waals surface area contributed by atoms with Crippen LogP contribution in [-0.2, 0) is 10.2 Å². The molecule has 2 N–H and O–H groups in total. The Hall–Kier alpha value is -0.170. The first kappa shape index (κ1) is 15.2. The van der Waals surface area contributed by atoms with E-state index in [4.69, 9.17) is 0 Å². The van der Waals surface area contributed by atoms with Crippen LogP contribution in [0.2, 0.25) is 0 Å². The summed E-state index contributed by atoms with van der Waals surface area (Å²) >= 11 is 0. The zero-order valence-electron chi connectivity index (χ0n) is 11.9. The molecule has 0 spiro atoms. The molecule has 4 atom stereocenters. The Kier molecular flexibility index (Phi) is 4.87. The molecule has 2 aliphatic rings. The van der Waals surface area contributed by atoms with Gasteiger partial charge in [-0.25, -0.2) is 0 Å². The number of hydrogen-bond donors (Lipinski definition) is 2. The minimum atomic E-state index is -3.46. The number of piperidine rings is 1. The summed E-state index contributed by atoms with van der Waals surface area (Å²) in [5.41, 5.74) is 0. The second kappa shape index (κ2) is 6.08. The maximum Gasteiger partial charge on any atom is 0.279 e. The number of nitrogens with zero attached hydrogens (tertiary/aromatic N) is 1. The van der Waals surface area contributed by atoms with Crippen molar-refractivity contribution in [2.24, 2.45) is 11.8 Å². The summed E-state index contributed by atoms with van der Waals surface area (Å²) in [6.07, 6.45) is 3.94. The van der Waals surface area contributed by atoms with Crippen LogP contribution in [0.5, 0.6) is 0 Å². The van der Waals surface area contributed by atoms with Crippen LogP contribution in [0.3, 0.4) is 0 Å². The lowest BCUT2D eigenvalue weighted by Crippen LogP contribution is -2.53. The van der Waals surface area contributed by atoms with E-state index in [0.29, 0.717) is 31.3 Å². The molecular weight excluding hydrogens is 264 g/mol. The number of hydrogen-bond acceptors (Lipinski definition) is 3. The molecule has 1 heterocycles. The van der Waals surface area contributed by atoms with Gasteiger partial charge in [0.2, 0.25) is 0 Å². The molecule has 5 nitrogen and oxygen atoms in total. The van der Waals surface area contributed by atoms with Crippen LogP contribution in [0.1, 0.15) is 46.0 Å². The van der Waals surface area contributed by atoms with E-state index in [1.807, 2.05) is 0 Å². The van der Waals surface area contributed by atoms with Gasteiger partial charge < -0.3 is 5.11 Å². The maximum atomic E-state index is 12.4. The lowest BCUT2D eigenvalue weighted by molar-refractivity contribution is 0.0994. The van der Waals surface area contributed by atoms with Crippen molar-refractivity contribution in [3.63, 3.8) is 0 Å². The van der Waals surface area contributed by atoms with Crippen molar-refractivity contribution in [2.75, 3.05) is 13.1 Å². The van der Waals surface area contributed by atoms with E-state index in [-0.39, 0.29) is 6.04 Å². The predicted molar refractivity (Wildman–Crippen MR) is 74.8 cm³/mol. The van der Waals surface area contributed by atoms with Gasteiger partial charge in [-0.05, 0) is 31.1 Å². The van der Waals surface area contributed by atoms with Crippen molar-refractivity contribution < 1.29 is 13.5 Å². The third-order valence-corrected chi connectivity index (χ3v) is 5.78. The van der Waals surface area contributed by atoms with E-state index in [1.165, 1.54) is 0 Å². The fraction of sp³-hybridized carbons (Fsp3) is 1.00. The summed E-state index contributed by atoms with van der Waals surface area (Å²) in [6.45, 7) is 5.35. The van der Waals surface area contributed by atoms with Crippen molar-refractivity contribution in [3.8, 4) is 0 Å². The van der Waals surface area contributed by atoms with Crippen molar-refractivity contribution in [2.45, 2.75) is 58.1 Å². The molecule has 4 unspecified atom stereocenters. The Morgan fingerprint density at radius 3 is 2.26 bits per heavy atom. The highest BCUT2D eigenvalue weighted by molar-refractivity contribution is 7.87. The fourth-order valence-electron chi connectivity index (χ4n) is 3.32. The van der Waals surface area contributed by atoms with Crippen LogP contribution in [0.15, 0.2) is 0 Å². The Labute approximate surface area is 116 Å². The Balaban J connectivity index is 2.01. The minimum Gasteiger partial charge on any atom is -0.391 e. The summed E-state index contributed by atoms with van der Waals surface area (Å²) < 4.78 is 29.0. The summed E-state index contributed by atoms with van der Waals surface area (Å²) in [5, 5.41) is 9.89. The molecule has 0 amide bonds. The van der Waals surface area contributed by atoms with E-state index < -0.39 is 16.3 Å². The van der Waals surface area contributed by atoms with Gasteiger partial charge in [-0.3, -0.25) is 0 Å². The normalized spacial score (nSPS) is 38.3. The highest BCUT2D eigenvalue weighted by Gasteiger charge is 2.34. The first-order chi connectivity index (χ1) is 8.88. The molecule has 0 radical (unpaired) electrons. The van der Waals surface area contributed by atoms with Gasteiger partial charge in [-0.15, -0.1) is 0 Å². The predicted octanol–water partition coefficient (Wildman–Crippen LogP) is 1.10. The molecule has 1 aliphatic carbocycles. The largest absolute Gasteiger partial charge is 0.391 e. The third kappa shape index (κ3) is 3.90. The van der Waals surface area contributed by atoms with Gasteiger partial charge >= 0.3 is 0 Å². The number of aliphatic hydroxyl groups is 1. The van der Waals surface area contributed by atoms with Crippen molar-refractivity contribution in [1.82, 2.24) is 9.03 Å². The summed E-state index contributed by atoms with van der Waals surface area (Å²) in [4.78, 5) is 0. The number of aliphatic hydroxyl groups excluding tert-OH is 1. The lowest BCUT2D eigenvalue weighted by Gasteiger charge is -2.36. The standard InChI is InChI=1S/C13H26N2O3S/c1-10-7-11(2)9-15(8-10)19(17,18)14-12-5-3-4-6-13(12)16/h10-14,16H,3-9H2,1-2H3. The van der Waals surface area contributed by atoms with Crippen LogP contribution in [0.25, 0.3) is 0 Å². The molecule has 2 fully saturated rings. The average Bonchev–Trinajstić information content (AvgIpc) is 2.31. The van der Waals surface area contributed by atoms with Gasteiger partial charge in [-0.2, -0.15) is 17.4 Å². The molecule has 1 aliphatic heterocycles. The zero-order chi connectivity index (χ0) is 14.0. The Morgan fingerprint density at radius 1 is 1.11 bits per heavy atom. The summed E-state index contributed by atoms with van der Waals surface area (Å²) in [7, 11) is -3.46. The molecule has 1 saturated carbocycles. The molecule has 0 aromatic rings. The minimum absolute atomic E-state index is 0.314. The SMILES string of the molecule is CC1CC(C)CN(S(=O)(=O)NC2CCCCC2O)C1. The van der Waals surface area contributed by atoms with Gasteiger partial charge in [0.25, 0.3) is 10.2 Å². The van der Waals surface area contributed by atoms with Crippen LogP contribution >= 0.6 is 0 Å². The Morgan fingerprint density at radius 2 is 1.68 bits per heavy atom. The maximum absolute atomic E-state index is 12.4. The lowest BCUT2D eigenvalue weighted by atomic mass is 9.93. The summed E-state index contributed by atoms with van der Waals surface area (Å²) in [5.74, 6) is 0.799. The van der Waals surface area contributed by atoms with Gasteiger partial charge in [0.05, 0.1) is 6.10 Å². The highest BCUT2D eigenvalue weighted by Crippen LogP contribution is 2.24. The topological polar surface area (TPSA) is 69.6 Å². The smallest absolute Gasteiger partial charge is 0.279 e. The van der Waals surface area contributed by atoms with Crippen LogP contribution in [0, 0.1) is 11.8 Å². The second-order valence-electron chi connectivity index (χ2n) is 6.34. The third-order valence-electron chi connectivity index (χ3n) is 4.21. The average molecular weight is 290 g/mol. The highest BCUT2D eigenvalue weighted by atomic mass is 32.2. The van der Waals surface area contributed by atoms with E-state index in [2.05, 4.69) is 18.6 Å². The van der Waals surface area contributed by atoms with Gasteiger partial charge in [0, 0.05) is 19.1 Å². The van der Waals surface area contributed by atoms with E-state index in [1.54, 1.807) is 4.31 Å². The molecule has 0 bridgehead atoms. The first-order valence-corrected chi connectivity index (χ1v) is 8.78. The molecule has 1 saturated heterocycles. The molecule has 6 heteroatoms. The van der Waals surface area contributed by atoms with Crippen molar-refractivity contribution in [1.29, 1.82) is 0 Å². The van der Waals surface area contributed by atoms with Crippen molar-refractivity contribution >= 4 is 10.2 Å². The molecule has 19 heavy (non-hydrogen) atoms. The molecule has 2 rings (SSSR count). The zero-order valence-corrected chi connectivity index (χ0v) is 12.7. The molecular formula is C13H26N2O3S. The van der Waals surface area contributed by atoms with Crippen LogP contribution in [0.4, 0.5) is 0 Å².